The number of carbonyl (C=O) groups excluding carboxylic acids is 3. The summed E-state index contributed by atoms with van der Waals surface area (Å²) in [6.07, 6.45) is 3.75. The number of rotatable bonds is 9. The number of fused-ring (bicyclic) bond motifs is 1. The van der Waals surface area contributed by atoms with E-state index in [1.807, 2.05) is 60.5 Å². The van der Waals surface area contributed by atoms with Gasteiger partial charge in [0.25, 0.3) is 0 Å². The van der Waals surface area contributed by atoms with Crippen molar-refractivity contribution in [3.63, 3.8) is 0 Å². The fourth-order valence-corrected chi connectivity index (χ4v) is 6.86. The van der Waals surface area contributed by atoms with Crippen molar-refractivity contribution in [1.29, 1.82) is 0 Å². The first-order chi connectivity index (χ1) is 19.8. The fraction of sp³-hybridized carbons (Fsp3) is 0.485. The molecule has 1 saturated heterocycles. The Hall–Kier alpha value is -3.52. The number of benzene rings is 2. The van der Waals surface area contributed by atoms with Crippen LogP contribution in [0, 0.1) is 11.8 Å². The number of Topliss-reactive ketones (excluding diaryl/α,β-unsaturated/α-hetero) is 1. The van der Waals surface area contributed by atoms with Gasteiger partial charge in [-0.05, 0) is 74.3 Å². The summed E-state index contributed by atoms with van der Waals surface area (Å²) in [5, 5.41) is 0.864. The summed E-state index contributed by atoms with van der Waals surface area (Å²) in [7, 11) is 1.82. The molecule has 0 radical (unpaired) electrons. The van der Waals surface area contributed by atoms with Gasteiger partial charge in [-0.1, -0.05) is 36.4 Å². The van der Waals surface area contributed by atoms with Gasteiger partial charge in [-0.3, -0.25) is 9.59 Å². The van der Waals surface area contributed by atoms with Crippen molar-refractivity contribution in [1.82, 2.24) is 9.47 Å². The molecule has 1 aromatic heterocycles. The summed E-state index contributed by atoms with van der Waals surface area (Å²) < 4.78 is 20.1. The molecule has 7 nitrogen and oxygen atoms in total. The molecule has 1 amide bonds. The number of aromatic nitrogens is 1. The molecule has 0 bridgehead atoms. The number of hydrogen-bond donors (Lipinski definition) is 1. The molecule has 2 fully saturated rings. The number of ketones is 1. The van der Waals surface area contributed by atoms with Gasteiger partial charge in [-0.2, -0.15) is 0 Å². The molecule has 1 unspecified atom stereocenters. The van der Waals surface area contributed by atoms with Crippen LogP contribution in [-0.2, 0) is 27.8 Å². The Morgan fingerprint density at radius 3 is 2.44 bits per heavy atom. The second kappa shape index (κ2) is 12.6. The molecule has 218 valence electrons. The first-order valence-electron chi connectivity index (χ1n) is 14.8. The van der Waals surface area contributed by atoms with Gasteiger partial charge >= 0.3 is 5.97 Å². The molecule has 5 rings (SSSR count). The Morgan fingerprint density at radius 1 is 1.02 bits per heavy atom. The lowest BCUT2D eigenvalue weighted by Crippen LogP contribution is -2.47. The number of aryl methyl sites for hydroxylation is 1. The lowest BCUT2D eigenvalue weighted by molar-refractivity contribution is -0.142. The first-order valence-corrected chi connectivity index (χ1v) is 14.8. The van der Waals surface area contributed by atoms with Crippen LogP contribution in [0.4, 0.5) is 4.39 Å². The number of nitrogens with two attached hydrogens (primary N) is 1. The Kier molecular flexibility index (Phi) is 8.88. The second-order valence-electron chi connectivity index (χ2n) is 11.6. The van der Waals surface area contributed by atoms with Crippen LogP contribution in [0.5, 0.6) is 0 Å². The number of likely N-dealkylation sites (tertiary alicyclic amines) is 1. The third-order valence-corrected chi connectivity index (χ3v) is 9.11. The van der Waals surface area contributed by atoms with E-state index in [0.29, 0.717) is 31.7 Å². The van der Waals surface area contributed by atoms with Crippen LogP contribution in [0.1, 0.15) is 66.6 Å². The second-order valence-corrected chi connectivity index (χ2v) is 11.6. The molecular weight excluding hydrogens is 521 g/mol. The van der Waals surface area contributed by atoms with Crippen molar-refractivity contribution >= 4 is 28.6 Å². The summed E-state index contributed by atoms with van der Waals surface area (Å²) >= 11 is 0. The van der Waals surface area contributed by atoms with Crippen molar-refractivity contribution in [3.05, 3.63) is 71.4 Å². The Labute approximate surface area is 240 Å². The molecule has 3 aromatic rings. The fourth-order valence-electron chi connectivity index (χ4n) is 6.86. The highest BCUT2D eigenvalue weighted by Gasteiger charge is 2.44. The number of nitrogens with zero attached hydrogens (tertiary/aromatic N) is 2. The molecule has 2 heterocycles. The zero-order chi connectivity index (χ0) is 29.1. The van der Waals surface area contributed by atoms with Gasteiger partial charge in [-0.15, -0.1) is 0 Å². The van der Waals surface area contributed by atoms with E-state index in [-0.39, 0.29) is 41.8 Å². The minimum atomic E-state index is -0.544. The lowest BCUT2D eigenvalue weighted by atomic mass is 9.78. The highest BCUT2D eigenvalue weighted by molar-refractivity contribution is 5.97. The number of hydrogen-bond acceptors (Lipinski definition) is 5. The standard InChI is InChI=1S/C33H40FN3O4/c1-3-41-33(40)29-19-25-17-21(9-14-28(25)36(29)2)18-30(38)31-26(22-7-5-4-6-8-22)15-16-37(31)32(39)24-12-10-23(11-13-24)27(35)20-34/h4-9,14,17,19,23-24,26-27,31H,3,10-13,15-16,18,20,35H2,1-2H3/t23?,24?,26-,27?,31-/m0/s1. The molecule has 8 heteroatoms. The Balaban J connectivity index is 1.37. The van der Waals surface area contributed by atoms with Crippen LogP contribution in [-0.4, -0.2) is 59.0 Å². The molecule has 41 heavy (non-hydrogen) atoms. The third-order valence-electron chi connectivity index (χ3n) is 9.11. The zero-order valence-corrected chi connectivity index (χ0v) is 23.9. The van der Waals surface area contributed by atoms with Crippen molar-refractivity contribution in [2.75, 3.05) is 19.8 Å². The van der Waals surface area contributed by atoms with E-state index in [4.69, 9.17) is 10.5 Å². The summed E-state index contributed by atoms with van der Waals surface area (Å²) in [5.74, 6) is -0.459. The molecule has 3 atom stereocenters. The Bertz CT molecular complexity index is 1400. The van der Waals surface area contributed by atoms with Gasteiger partial charge in [0.15, 0.2) is 5.78 Å². The summed E-state index contributed by atoms with van der Waals surface area (Å²) in [6.45, 7) is 2.08. The van der Waals surface area contributed by atoms with Gasteiger partial charge < -0.3 is 19.9 Å². The third kappa shape index (κ3) is 5.94. The lowest BCUT2D eigenvalue weighted by Gasteiger charge is -2.35. The Morgan fingerprint density at radius 2 is 1.76 bits per heavy atom. The number of carbonyl (C=O) groups is 3. The topological polar surface area (TPSA) is 94.6 Å². The van der Waals surface area contributed by atoms with Gasteiger partial charge in [0.2, 0.25) is 5.91 Å². The van der Waals surface area contributed by atoms with E-state index >= 15 is 0 Å². The smallest absolute Gasteiger partial charge is 0.354 e. The minimum absolute atomic E-state index is 0.0127. The van der Waals surface area contributed by atoms with Crippen LogP contribution in [0.25, 0.3) is 10.9 Å². The zero-order valence-electron chi connectivity index (χ0n) is 23.9. The number of esters is 1. The van der Waals surface area contributed by atoms with Crippen molar-refractivity contribution in [2.45, 2.75) is 63.5 Å². The predicted octanol–water partition coefficient (Wildman–Crippen LogP) is 4.95. The van der Waals surface area contributed by atoms with Crippen LogP contribution in [0.3, 0.4) is 0 Å². The number of amides is 1. The summed E-state index contributed by atoms with van der Waals surface area (Å²) in [4.78, 5) is 42.1. The van der Waals surface area contributed by atoms with E-state index in [1.165, 1.54) is 0 Å². The largest absolute Gasteiger partial charge is 0.461 e. The number of alkyl halides is 1. The number of ether oxygens (including phenoxy) is 1. The maximum absolute atomic E-state index is 14.0. The average molecular weight is 562 g/mol. The molecule has 1 saturated carbocycles. The van der Waals surface area contributed by atoms with E-state index in [0.717, 1.165) is 41.3 Å². The first kappa shape index (κ1) is 29.0. The number of halogens is 1. The molecule has 2 N–H and O–H groups in total. The van der Waals surface area contributed by atoms with Gasteiger partial charge in [0.05, 0.1) is 12.6 Å². The SMILES string of the molecule is CCOC(=O)c1cc2cc(CC(=O)[C@@H]3[C@H](c4ccccc4)CCN3C(=O)C3CCC(C(N)CF)CC3)ccc2n1C. The van der Waals surface area contributed by atoms with E-state index < -0.39 is 18.8 Å². The minimum Gasteiger partial charge on any atom is -0.461 e. The molecule has 0 spiro atoms. The van der Waals surface area contributed by atoms with Crippen LogP contribution < -0.4 is 5.73 Å². The molecule has 1 aliphatic heterocycles. The maximum Gasteiger partial charge on any atom is 0.354 e. The molecule has 2 aliphatic rings. The summed E-state index contributed by atoms with van der Waals surface area (Å²) in [5.41, 5.74) is 9.20. The molecule has 2 aromatic carbocycles. The van der Waals surface area contributed by atoms with Crippen LogP contribution >= 0.6 is 0 Å². The van der Waals surface area contributed by atoms with E-state index in [9.17, 15) is 18.8 Å². The molecular formula is C33H40FN3O4. The maximum atomic E-state index is 14.0. The normalized spacial score (nSPS) is 23.5. The monoisotopic (exact) mass is 561 g/mol. The molecule has 1 aliphatic carbocycles. The van der Waals surface area contributed by atoms with Crippen LogP contribution in [0.15, 0.2) is 54.6 Å². The van der Waals surface area contributed by atoms with Gasteiger partial charge in [0.1, 0.15) is 12.4 Å². The van der Waals surface area contributed by atoms with Gasteiger partial charge in [-0.25, -0.2) is 9.18 Å². The average Bonchev–Trinajstić information content (AvgIpc) is 3.58. The highest BCUT2D eigenvalue weighted by atomic mass is 19.1. The van der Waals surface area contributed by atoms with E-state index in [2.05, 4.69) is 0 Å². The van der Waals surface area contributed by atoms with Gasteiger partial charge in [0, 0.05) is 48.8 Å². The van der Waals surface area contributed by atoms with Crippen LogP contribution in [0.2, 0.25) is 0 Å². The predicted molar refractivity (Wildman–Crippen MR) is 156 cm³/mol. The van der Waals surface area contributed by atoms with E-state index in [1.54, 1.807) is 17.6 Å². The van der Waals surface area contributed by atoms with Crippen molar-refractivity contribution in [2.24, 2.45) is 24.6 Å². The quantitative estimate of drug-likeness (QED) is 0.373. The van der Waals surface area contributed by atoms with Crippen molar-refractivity contribution < 1.29 is 23.5 Å². The highest BCUT2D eigenvalue weighted by Crippen LogP contribution is 2.38. The summed E-state index contributed by atoms with van der Waals surface area (Å²) in [6, 6.07) is 16.6. The van der Waals surface area contributed by atoms with Crippen molar-refractivity contribution in [3.8, 4) is 0 Å².